The van der Waals surface area contributed by atoms with E-state index in [0.29, 0.717) is 12.2 Å². The van der Waals surface area contributed by atoms with Crippen LogP contribution in [0.5, 0.6) is 5.75 Å². The SMILES string of the molecule is Cc1cc(C)c(N2CCCC2)c(C)c1NC(=O)c1ccc(OCc2ccccc2)cc1. The molecule has 4 nitrogen and oxygen atoms in total. The molecule has 0 spiro atoms. The van der Waals surface area contributed by atoms with Gasteiger partial charge in [-0.3, -0.25) is 4.79 Å². The second-order valence-corrected chi connectivity index (χ2v) is 8.31. The number of carbonyl (C=O) groups is 1. The minimum Gasteiger partial charge on any atom is -0.489 e. The summed E-state index contributed by atoms with van der Waals surface area (Å²) in [5.74, 6) is 0.649. The number of benzene rings is 3. The summed E-state index contributed by atoms with van der Waals surface area (Å²) < 4.78 is 5.83. The van der Waals surface area contributed by atoms with Crippen LogP contribution in [-0.2, 0) is 6.61 Å². The molecule has 1 aliphatic heterocycles. The minimum atomic E-state index is -0.1000. The van der Waals surface area contributed by atoms with E-state index in [2.05, 4.69) is 37.1 Å². The summed E-state index contributed by atoms with van der Waals surface area (Å²) in [6.07, 6.45) is 2.46. The number of aryl methyl sites for hydroxylation is 2. The maximum Gasteiger partial charge on any atom is 0.255 e. The second kappa shape index (κ2) is 9.25. The molecule has 0 saturated carbocycles. The Kier molecular flexibility index (Phi) is 6.26. The molecule has 0 radical (unpaired) electrons. The Bertz CT molecular complexity index is 1050. The monoisotopic (exact) mass is 414 g/mol. The van der Waals surface area contributed by atoms with Gasteiger partial charge in [0.05, 0.1) is 0 Å². The van der Waals surface area contributed by atoms with Crippen LogP contribution in [0.3, 0.4) is 0 Å². The first-order valence-electron chi connectivity index (χ1n) is 11.0. The van der Waals surface area contributed by atoms with E-state index in [0.717, 1.165) is 41.2 Å². The Morgan fingerprint density at radius 3 is 2.29 bits per heavy atom. The number of hydrogen-bond acceptors (Lipinski definition) is 3. The van der Waals surface area contributed by atoms with Crippen molar-refractivity contribution in [2.75, 3.05) is 23.3 Å². The lowest BCUT2D eigenvalue weighted by Crippen LogP contribution is -2.22. The van der Waals surface area contributed by atoms with Crippen molar-refractivity contribution in [1.29, 1.82) is 0 Å². The normalized spacial score (nSPS) is 13.3. The molecule has 0 bridgehead atoms. The largest absolute Gasteiger partial charge is 0.489 e. The molecular weight excluding hydrogens is 384 g/mol. The lowest BCUT2D eigenvalue weighted by Gasteiger charge is -2.26. The average molecular weight is 415 g/mol. The molecule has 0 atom stereocenters. The van der Waals surface area contributed by atoms with Crippen LogP contribution in [-0.4, -0.2) is 19.0 Å². The van der Waals surface area contributed by atoms with E-state index in [-0.39, 0.29) is 5.91 Å². The van der Waals surface area contributed by atoms with E-state index < -0.39 is 0 Å². The molecule has 1 fully saturated rings. The molecule has 1 N–H and O–H groups in total. The first kappa shape index (κ1) is 21.0. The van der Waals surface area contributed by atoms with Gasteiger partial charge in [-0.25, -0.2) is 0 Å². The van der Waals surface area contributed by atoms with Gasteiger partial charge in [-0.1, -0.05) is 36.4 Å². The number of carbonyl (C=O) groups excluding carboxylic acids is 1. The molecule has 4 heteroatoms. The zero-order chi connectivity index (χ0) is 21.8. The molecule has 3 aromatic rings. The lowest BCUT2D eigenvalue weighted by atomic mass is 10.0. The van der Waals surface area contributed by atoms with E-state index in [1.54, 1.807) is 0 Å². The summed E-state index contributed by atoms with van der Waals surface area (Å²) in [5.41, 5.74) is 7.43. The molecule has 0 aliphatic carbocycles. The van der Waals surface area contributed by atoms with Crippen molar-refractivity contribution >= 4 is 17.3 Å². The summed E-state index contributed by atoms with van der Waals surface area (Å²) in [4.78, 5) is 15.4. The average Bonchev–Trinajstić information content (AvgIpc) is 3.30. The van der Waals surface area contributed by atoms with Gasteiger partial charge in [0.2, 0.25) is 0 Å². The maximum absolute atomic E-state index is 13.0. The molecular formula is C27H30N2O2. The van der Waals surface area contributed by atoms with Crippen LogP contribution in [0.1, 0.15) is 45.5 Å². The summed E-state index contributed by atoms with van der Waals surface area (Å²) in [7, 11) is 0. The Labute approximate surface area is 184 Å². The van der Waals surface area contributed by atoms with Crippen LogP contribution in [0.15, 0.2) is 60.7 Å². The van der Waals surface area contributed by atoms with Crippen LogP contribution in [0, 0.1) is 20.8 Å². The van der Waals surface area contributed by atoms with Crippen LogP contribution < -0.4 is 15.0 Å². The fourth-order valence-corrected chi connectivity index (χ4v) is 4.42. The molecule has 1 saturated heterocycles. The van der Waals surface area contributed by atoms with Crippen molar-refractivity contribution in [2.45, 2.75) is 40.2 Å². The molecule has 31 heavy (non-hydrogen) atoms. The summed E-state index contributed by atoms with van der Waals surface area (Å²) in [6.45, 7) is 9.01. The van der Waals surface area contributed by atoms with Gasteiger partial charge >= 0.3 is 0 Å². The van der Waals surface area contributed by atoms with Gasteiger partial charge in [0.1, 0.15) is 12.4 Å². The number of amides is 1. The number of ether oxygens (including phenoxy) is 1. The molecule has 3 aromatic carbocycles. The van der Waals surface area contributed by atoms with Crippen LogP contribution in [0.4, 0.5) is 11.4 Å². The highest BCUT2D eigenvalue weighted by atomic mass is 16.5. The fourth-order valence-electron chi connectivity index (χ4n) is 4.42. The Morgan fingerprint density at radius 1 is 0.935 bits per heavy atom. The van der Waals surface area contributed by atoms with E-state index in [1.165, 1.54) is 24.1 Å². The Balaban J connectivity index is 1.47. The molecule has 0 aromatic heterocycles. The number of nitrogens with one attached hydrogen (secondary N) is 1. The van der Waals surface area contributed by atoms with Gasteiger partial charge < -0.3 is 15.0 Å². The van der Waals surface area contributed by atoms with Crippen molar-refractivity contribution in [3.05, 3.63) is 88.5 Å². The van der Waals surface area contributed by atoms with Gasteiger partial charge in [-0.2, -0.15) is 0 Å². The summed E-state index contributed by atoms with van der Waals surface area (Å²) >= 11 is 0. The third kappa shape index (κ3) is 4.74. The van der Waals surface area contributed by atoms with Crippen LogP contribution in [0.2, 0.25) is 0 Å². The maximum atomic E-state index is 13.0. The zero-order valence-electron chi connectivity index (χ0n) is 18.6. The van der Waals surface area contributed by atoms with Gasteiger partial charge in [0, 0.05) is 30.0 Å². The molecule has 1 amide bonds. The topological polar surface area (TPSA) is 41.6 Å². The van der Waals surface area contributed by atoms with Crippen LogP contribution >= 0.6 is 0 Å². The highest BCUT2D eigenvalue weighted by Crippen LogP contribution is 2.35. The third-order valence-electron chi connectivity index (χ3n) is 5.96. The zero-order valence-corrected chi connectivity index (χ0v) is 18.6. The highest BCUT2D eigenvalue weighted by molar-refractivity contribution is 6.05. The smallest absolute Gasteiger partial charge is 0.255 e. The van der Waals surface area contributed by atoms with Crippen molar-refractivity contribution in [2.24, 2.45) is 0 Å². The van der Waals surface area contributed by atoms with Gasteiger partial charge in [0.15, 0.2) is 0 Å². The molecule has 160 valence electrons. The molecule has 4 rings (SSSR count). The predicted molar refractivity (Wildman–Crippen MR) is 127 cm³/mol. The fraction of sp³-hybridized carbons (Fsp3) is 0.296. The molecule has 1 aliphatic rings. The van der Waals surface area contributed by atoms with E-state index >= 15 is 0 Å². The third-order valence-corrected chi connectivity index (χ3v) is 5.96. The quantitative estimate of drug-likeness (QED) is 0.534. The minimum absolute atomic E-state index is 0.1000. The van der Waals surface area contributed by atoms with Crippen molar-refractivity contribution in [3.63, 3.8) is 0 Å². The highest BCUT2D eigenvalue weighted by Gasteiger charge is 2.20. The Hall–Kier alpha value is -3.27. The van der Waals surface area contributed by atoms with Crippen LogP contribution in [0.25, 0.3) is 0 Å². The first-order chi connectivity index (χ1) is 15.0. The van der Waals surface area contributed by atoms with Crippen molar-refractivity contribution in [1.82, 2.24) is 0 Å². The Morgan fingerprint density at radius 2 is 1.61 bits per heavy atom. The lowest BCUT2D eigenvalue weighted by molar-refractivity contribution is 0.102. The van der Waals surface area contributed by atoms with E-state index in [1.807, 2.05) is 54.6 Å². The van der Waals surface area contributed by atoms with Crippen molar-refractivity contribution < 1.29 is 9.53 Å². The number of rotatable bonds is 6. The van der Waals surface area contributed by atoms with Crippen molar-refractivity contribution in [3.8, 4) is 5.75 Å². The second-order valence-electron chi connectivity index (χ2n) is 8.31. The van der Waals surface area contributed by atoms with E-state index in [9.17, 15) is 4.79 Å². The van der Waals surface area contributed by atoms with Gasteiger partial charge in [0.25, 0.3) is 5.91 Å². The predicted octanol–water partition coefficient (Wildman–Crippen LogP) is 6.04. The molecule has 0 unspecified atom stereocenters. The van der Waals surface area contributed by atoms with E-state index in [4.69, 9.17) is 4.74 Å². The standard InChI is InChI=1S/C27H30N2O2/c1-19-17-20(2)26(29-15-7-8-16-29)21(3)25(19)28-27(30)23-11-13-24(14-12-23)31-18-22-9-5-4-6-10-22/h4-6,9-14,17H,7-8,15-16,18H2,1-3H3,(H,28,30). The number of hydrogen-bond donors (Lipinski definition) is 1. The van der Waals surface area contributed by atoms with Gasteiger partial charge in [-0.15, -0.1) is 0 Å². The van der Waals surface area contributed by atoms with Gasteiger partial charge in [-0.05, 0) is 80.1 Å². The molecule has 1 heterocycles. The first-order valence-corrected chi connectivity index (χ1v) is 11.0. The summed E-state index contributed by atoms with van der Waals surface area (Å²) in [6, 6.07) is 19.6. The number of anilines is 2. The summed E-state index contributed by atoms with van der Waals surface area (Å²) in [5, 5.41) is 3.16. The number of nitrogens with zero attached hydrogens (tertiary/aromatic N) is 1.